The maximum absolute atomic E-state index is 5.34. The zero-order chi connectivity index (χ0) is 4.99. The van der Waals surface area contributed by atoms with E-state index in [0.717, 1.165) is 0 Å². The van der Waals surface area contributed by atoms with Gasteiger partial charge in [0.1, 0.15) is 0 Å². The van der Waals surface area contributed by atoms with Crippen molar-refractivity contribution in [1.29, 1.82) is 0 Å². The lowest BCUT2D eigenvalue weighted by atomic mass is 11.8. The molecule has 6 heavy (non-hydrogen) atoms. The van der Waals surface area contributed by atoms with Crippen LogP contribution in [-0.4, -0.2) is 28.1 Å². The van der Waals surface area contributed by atoms with Crippen LogP contribution in [0.3, 0.4) is 0 Å². The zero-order valence-corrected chi connectivity index (χ0v) is 5.68. The van der Waals surface area contributed by atoms with E-state index in [9.17, 15) is 0 Å². The van der Waals surface area contributed by atoms with Crippen molar-refractivity contribution in [2.24, 2.45) is 0 Å². The van der Waals surface area contributed by atoms with Gasteiger partial charge in [-0.3, -0.25) is 0 Å². The molecule has 0 fully saturated rings. The Morgan fingerprint density at radius 1 is 1.33 bits per heavy atom. The van der Waals surface area contributed by atoms with Gasteiger partial charge in [0, 0.05) is 14.2 Å². The predicted octanol–water partition coefficient (Wildman–Crippen LogP) is 0.503. The molecule has 0 atom stereocenters. The highest BCUT2D eigenvalue weighted by atomic mass is 35.6. The van der Waals surface area contributed by atoms with Gasteiger partial charge in [0.25, 0.3) is 0 Å². The second-order valence-electron chi connectivity index (χ2n) is 0.746. The summed E-state index contributed by atoms with van der Waals surface area (Å²) in [7, 11) is 8.41. The number of rotatable bonds is 2. The third kappa shape index (κ3) is 2.95. The zero-order valence-electron chi connectivity index (χ0n) is 3.77. The van der Waals surface area contributed by atoms with Gasteiger partial charge in [0.05, 0.1) is 0 Å². The number of hydrogen-bond donors (Lipinski definition) is 0. The van der Waals surface area contributed by atoms with E-state index in [-0.39, 0.29) is 0 Å². The minimum absolute atomic E-state index is 1.54. The molecular weight excluding hydrogens is 118 g/mol. The molecule has 0 aromatic heterocycles. The Labute approximate surface area is 46.3 Å². The van der Waals surface area contributed by atoms with Gasteiger partial charge in [0.2, 0.25) is 0 Å². The first kappa shape index (κ1) is 6.74. The third-order valence-electron chi connectivity index (χ3n) is 0.371. The van der Waals surface area contributed by atoms with Crippen molar-refractivity contribution in [1.82, 2.24) is 0 Å². The SMILES string of the molecule is C[O][Al]([Cl])[O]C. The molecule has 0 aromatic carbocycles. The van der Waals surface area contributed by atoms with Crippen LogP contribution in [0, 0.1) is 0 Å². The smallest absolute Gasteiger partial charge is 0.468 e. The molecule has 0 aliphatic carbocycles. The molecule has 0 saturated carbocycles. The molecule has 0 bridgehead atoms. The molecule has 0 rings (SSSR count). The van der Waals surface area contributed by atoms with Crippen LogP contribution in [-0.2, 0) is 7.58 Å². The van der Waals surface area contributed by atoms with Gasteiger partial charge >= 0.3 is 13.9 Å². The molecule has 0 aliphatic heterocycles. The Hall–Kier alpha value is 0.742. The lowest BCUT2D eigenvalue weighted by Gasteiger charge is -1.92. The van der Waals surface area contributed by atoms with E-state index in [4.69, 9.17) is 10.0 Å². The van der Waals surface area contributed by atoms with E-state index < -0.39 is 13.9 Å². The van der Waals surface area contributed by atoms with Gasteiger partial charge in [-0.2, -0.15) is 10.0 Å². The minimum atomic E-state index is -1.69. The Morgan fingerprint density at radius 3 is 1.67 bits per heavy atom. The highest BCUT2D eigenvalue weighted by molar-refractivity contribution is 6.99. The number of halogens is 1. The van der Waals surface area contributed by atoms with Crippen LogP contribution in [0.5, 0.6) is 0 Å². The molecule has 0 N–H and O–H groups in total. The Kier molecular flexibility index (Phi) is 4.40. The van der Waals surface area contributed by atoms with E-state index in [2.05, 4.69) is 7.58 Å². The predicted molar refractivity (Wildman–Crippen MR) is 25.6 cm³/mol. The quantitative estimate of drug-likeness (QED) is 0.499. The molecule has 4 heteroatoms. The summed E-state index contributed by atoms with van der Waals surface area (Å²) >= 11 is -1.69. The summed E-state index contributed by atoms with van der Waals surface area (Å²) in [5.41, 5.74) is 0. The van der Waals surface area contributed by atoms with Crippen LogP contribution < -0.4 is 0 Å². The second kappa shape index (κ2) is 3.92. The van der Waals surface area contributed by atoms with Crippen LogP contribution in [0.1, 0.15) is 0 Å². The molecule has 0 spiro atoms. The van der Waals surface area contributed by atoms with Gasteiger partial charge < -0.3 is 7.58 Å². The molecule has 0 radical (unpaired) electrons. The van der Waals surface area contributed by atoms with Crippen molar-refractivity contribution in [2.75, 3.05) is 14.2 Å². The molecular formula is C2H6AlClO2. The molecule has 36 valence electrons. The van der Waals surface area contributed by atoms with E-state index in [0.29, 0.717) is 0 Å². The molecule has 0 unspecified atom stereocenters. The fourth-order valence-corrected chi connectivity index (χ4v) is 0.289. The fourth-order valence-electron chi connectivity index (χ4n) is 0.0962. The lowest BCUT2D eigenvalue weighted by molar-refractivity contribution is 0.299. The first-order chi connectivity index (χ1) is 2.81. The van der Waals surface area contributed by atoms with Crippen LogP contribution in [0.2, 0.25) is 0 Å². The summed E-state index contributed by atoms with van der Waals surface area (Å²) in [6.45, 7) is 0. The van der Waals surface area contributed by atoms with E-state index in [1.54, 1.807) is 0 Å². The van der Waals surface area contributed by atoms with Crippen LogP contribution in [0.4, 0.5) is 0 Å². The van der Waals surface area contributed by atoms with Crippen molar-refractivity contribution >= 4 is 23.9 Å². The Balaban J connectivity index is 2.75. The first-order valence-corrected chi connectivity index (χ1v) is 4.19. The normalized spacial score (nSPS) is 8.50. The maximum atomic E-state index is 5.34. The second-order valence-corrected chi connectivity index (χ2v) is 3.31. The van der Waals surface area contributed by atoms with Crippen molar-refractivity contribution in [2.45, 2.75) is 0 Å². The molecule has 2 nitrogen and oxygen atoms in total. The Morgan fingerprint density at radius 2 is 1.67 bits per heavy atom. The lowest BCUT2D eigenvalue weighted by Crippen LogP contribution is -2.09. The number of hydrogen-bond acceptors (Lipinski definition) is 2. The minimum Gasteiger partial charge on any atom is -0.468 e. The van der Waals surface area contributed by atoms with Crippen LogP contribution >= 0.6 is 10.0 Å². The summed E-state index contributed by atoms with van der Waals surface area (Å²) in [4.78, 5) is 0. The van der Waals surface area contributed by atoms with E-state index >= 15 is 0 Å². The molecule has 0 aromatic rings. The fraction of sp³-hybridized carbons (Fsp3) is 1.00. The topological polar surface area (TPSA) is 18.5 Å². The molecule has 0 amide bonds. The standard InChI is InChI=1S/2CH3O.Al.ClH/c2*1-2;;/h2*1H3;;1H/q2*-1;+3;/p-1. The van der Waals surface area contributed by atoms with Crippen molar-refractivity contribution in [3.8, 4) is 0 Å². The molecule has 0 aliphatic rings. The van der Waals surface area contributed by atoms with Crippen LogP contribution in [0.15, 0.2) is 0 Å². The Bertz CT molecular complexity index is 30.7. The van der Waals surface area contributed by atoms with Crippen molar-refractivity contribution in [3.05, 3.63) is 0 Å². The summed E-state index contributed by atoms with van der Waals surface area (Å²) in [6, 6.07) is 0. The van der Waals surface area contributed by atoms with Gasteiger partial charge in [0.15, 0.2) is 0 Å². The molecule has 0 heterocycles. The van der Waals surface area contributed by atoms with Gasteiger partial charge in [-0.05, 0) is 0 Å². The average molecular weight is 125 g/mol. The van der Waals surface area contributed by atoms with Crippen molar-refractivity contribution < 1.29 is 7.58 Å². The highest BCUT2D eigenvalue weighted by Gasteiger charge is 2.16. The van der Waals surface area contributed by atoms with Gasteiger partial charge in [-0.25, -0.2) is 0 Å². The summed E-state index contributed by atoms with van der Waals surface area (Å²) in [5.74, 6) is 0. The summed E-state index contributed by atoms with van der Waals surface area (Å²) in [6.07, 6.45) is 0. The average Bonchev–Trinajstić information content (AvgIpc) is 1.65. The largest absolute Gasteiger partial charge is 0.812 e. The van der Waals surface area contributed by atoms with Crippen LogP contribution in [0.25, 0.3) is 0 Å². The highest BCUT2D eigenvalue weighted by Crippen LogP contribution is 1.86. The van der Waals surface area contributed by atoms with Crippen molar-refractivity contribution in [3.63, 3.8) is 0 Å². The monoisotopic (exact) mass is 124 g/mol. The maximum Gasteiger partial charge on any atom is 0.812 e. The summed E-state index contributed by atoms with van der Waals surface area (Å²) in [5, 5.41) is 0. The first-order valence-electron chi connectivity index (χ1n) is 1.51. The van der Waals surface area contributed by atoms with Gasteiger partial charge in [-0.15, -0.1) is 0 Å². The summed E-state index contributed by atoms with van der Waals surface area (Å²) < 4.78 is 9.16. The van der Waals surface area contributed by atoms with Gasteiger partial charge in [-0.1, -0.05) is 0 Å². The van der Waals surface area contributed by atoms with E-state index in [1.807, 2.05) is 0 Å². The molecule has 0 saturated heterocycles. The third-order valence-corrected chi connectivity index (χ3v) is 2.18. The van der Waals surface area contributed by atoms with E-state index in [1.165, 1.54) is 14.2 Å².